The second-order valence-corrected chi connectivity index (χ2v) is 10.7. The van der Waals surface area contributed by atoms with Gasteiger partial charge in [0.2, 0.25) is 0 Å². The van der Waals surface area contributed by atoms with Crippen LogP contribution in [-0.4, -0.2) is 42.3 Å². The molecule has 0 fully saturated rings. The number of urea groups is 1. The third kappa shape index (κ3) is 7.68. The number of carbonyl (C=O) groups is 2. The van der Waals surface area contributed by atoms with Gasteiger partial charge in [-0.25, -0.2) is 14.6 Å². The summed E-state index contributed by atoms with van der Waals surface area (Å²) in [5, 5.41) is 5.59. The molecule has 0 unspecified atom stereocenters. The van der Waals surface area contributed by atoms with Gasteiger partial charge in [-0.3, -0.25) is 4.90 Å². The third-order valence-electron chi connectivity index (χ3n) is 6.41. The normalized spacial score (nSPS) is 13.7. The van der Waals surface area contributed by atoms with E-state index in [1.165, 1.54) is 11.0 Å². The summed E-state index contributed by atoms with van der Waals surface area (Å²) < 4.78 is 45.2. The van der Waals surface area contributed by atoms with Crippen molar-refractivity contribution in [3.05, 3.63) is 71.8 Å². The number of halogens is 3. The van der Waals surface area contributed by atoms with Crippen LogP contribution in [-0.2, 0) is 17.5 Å². The Morgan fingerprint density at radius 3 is 2.39 bits per heavy atom. The van der Waals surface area contributed by atoms with Crippen LogP contribution in [0.4, 0.5) is 40.0 Å². The number of nitrogens with one attached hydrogen (secondary N) is 2. The number of hydrogen-bond acceptors (Lipinski definition) is 5. The highest BCUT2D eigenvalue weighted by molar-refractivity contribution is 6.03. The fourth-order valence-corrected chi connectivity index (χ4v) is 4.46. The molecule has 1 aliphatic heterocycles. The Morgan fingerprint density at radius 1 is 1.00 bits per heavy atom. The molecule has 218 valence electrons. The molecule has 3 aromatic rings. The van der Waals surface area contributed by atoms with Crippen LogP contribution in [0.2, 0.25) is 0 Å². The van der Waals surface area contributed by atoms with Crippen molar-refractivity contribution in [1.82, 2.24) is 10.3 Å². The number of ether oxygens (including phenoxy) is 1. The molecule has 11 heteroatoms. The van der Waals surface area contributed by atoms with Gasteiger partial charge in [-0.2, -0.15) is 13.2 Å². The summed E-state index contributed by atoms with van der Waals surface area (Å²) in [5.74, 6) is 0.384. The number of alkyl halides is 3. The maximum Gasteiger partial charge on any atom is 0.416 e. The van der Waals surface area contributed by atoms with Gasteiger partial charge < -0.3 is 20.3 Å². The molecule has 1 aromatic heterocycles. The lowest BCUT2D eigenvalue weighted by Gasteiger charge is -2.25. The quantitative estimate of drug-likeness (QED) is 0.344. The van der Waals surface area contributed by atoms with Gasteiger partial charge in [-0.15, -0.1) is 0 Å². The zero-order valence-electron chi connectivity index (χ0n) is 23.5. The molecule has 0 bridgehead atoms. The van der Waals surface area contributed by atoms with Crippen LogP contribution in [0, 0.1) is 0 Å². The van der Waals surface area contributed by atoms with E-state index in [0.29, 0.717) is 48.8 Å². The van der Waals surface area contributed by atoms with Crippen LogP contribution < -0.4 is 20.4 Å². The SMILES string of the molecule is CCN1CCCN(C(=O)Nc2ccc(CNC(=O)OC(C)(C)C)cc2)c2nc(-c3cccc(C(F)(F)F)c3)ccc21. The summed E-state index contributed by atoms with van der Waals surface area (Å²) in [5.41, 5.74) is 1.39. The van der Waals surface area contributed by atoms with Crippen LogP contribution in [0.15, 0.2) is 60.7 Å². The zero-order chi connectivity index (χ0) is 29.8. The second kappa shape index (κ2) is 12.1. The maximum atomic E-state index is 13.5. The maximum absolute atomic E-state index is 13.5. The molecule has 0 atom stereocenters. The predicted octanol–water partition coefficient (Wildman–Crippen LogP) is 7.06. The van der Waals surface area contributed by atoms with E-state index in [4.69, 9.17) is 9.72 Å². The standard InChI is InChI=1S/C30H34F3N5O3/c1-5-37-16-7-17-38(26-25(37)15-14-24(36-26)21-8-6-9-22(18-21)30(31,32)33)27(39)35-23-12-10-20(11-13-23)19-34-28(40)41-29(2,3)4/h6,8-15,18H,5,7,16-17,19H2,1-4H3,(H,34,40)(H,35,39). The summed E-state index contributed by atoms with van der Waals surface area (Å²) in [6.45, 7) is 9.39. The van der Waals surface area contributed by atoms with Crippen molar-refractivity contribution in [2.45, 2.75) is 52.4 Å². The molecule has 41 heavy (non-hydrogen) atoms. The second-order valence-electron chi connectivity index (χ2n) is 10.7. The number of alkyl carbamates (subject to hydrolysis) is 1. The number of aromatic nitrogens is 1. The average Bonchev–Trinajstić information content (AvgIpc) is 3.10. The fraction of sp³-hybridized carbons (Fsp3) is 0.367. The van der Waals surface area contributed by atoms with Crippen molar-refractivity contribution in [3.63, 3.8) is 0 Å². The number of fused-ring (bicyclic) bond motifs is 1. The van der Waals surface area contributed by atoms with Crippen molar-refractivity contribution >= 4 is 29.3 Å². The lowest BCUT2D eigenvalue weighted by molar-refractivity contribution is -0.137. The van der Waals surface area contributed by atoms with Gasteiger partial charge in [0.1, 0.15) is 5.60 Å². The zero-order valence-corrected chi connectivity index (χ0v) is 23.5. The first-order valence-electron chi connectivity index (χ1n) is 13.4. The van der Waals surface area contributed by atoms with E-state index < -0.39 is 29.5 Å². The van der Waals surface area contributed by atoms with E-state index in [9.17, 15) is 22.8 Å². The molecule has 8 nitrogen and oxygen atoms in total. The molecule has 1 aliphatic rings. The fourth-order valence-electron chi connectivity index (χ4n) is 4.46. The number of nitrogens with zero attached hydrogens (tertiary/aromatic N) is 3. The minimum absolute atomic E-state index is 0.262. The number of pyridine rings is 1. The summed E-state index contributed by atoms with van der Waals surface area (Å²) in [7, 11) is 0. The molecule has 0 spiro atoms. The molecule has 0 saturated carbocycles. The molecule has 0 aliphatic carbocycles. The van der Waals surface area contributed by atoms with E-state index in [0.717, 1.165) is 23.4 Å². The largest absolute Gasteiger partial charge is 0.444 e. The summed E-state index contributed by atoms with van der Waals surface area (Å²) in [6.07, 6.45) is -4.31. The minimum Gasteiger partial charge on any atom is -0.444 e. The van der Waals surface area contributed by atoms with Crippen LogP contribution >= 0.6 is 0 Å². The van der Waals surface area contributed by atoms with Crippen LogP contribution in [0.25, 0.3) is 11.3 Å². The number of anilines is 3. The first-order chi connectivity index (χ1) is 19.3. The monoisotopic (exact) mass is 569 g/mol. The van der Waals surface area contributed by atoms with Gasteiger partial charge in [-0.05, 0) is 76.1 Å². The molecule has 2 N–H and O–H groups in total. The molecule has 0 saturated heterocycles. The molecular weight excluding hydrogens is 535 g/mol. The van der Waals surface area contributed by atoms with E-state index in [1.807, 2.05) is 6.92 Å². The number of hydrogen-bond donors (Lipinski definition) is 2. The van der Waals surface area contributed by atoms with Gasteiger partial charge in [0, 0.05) is 37.4 Å². The van der Waals surface area contributed by atoms with Crippen LogP contribution in [0.1, 0.15) is 45.2 Å². The lowest BCUT2D eigenvalue weighted by atomic mass is 10.1. The Kier molecular flexibility index (Phi) is 8.74. The van der Waals surface area contributed by atoms with Crippen molar-refractivity contribution in [2.75, 3.05) is 34.8 Å². The molecule has 2 heterocycles. The predicted molar refractivity (Wildman–Crippen MR) is 153 cm³/mol. The Bertz CT molecular complexity index is 1390. The van der Waals surface area contributed by atoms with Crippen molar-refractivity contribution in [3.8, 4) is 11.3 Å². The van der Waals surface area contributed by atoms with Crippen molar-refractivity contribution in [1.29, 1.82) is 0 Å². The van der Waals surface area contributed by atoms with Gasteiger partial charge >= 0.3 is 18.3 Å². The summed E-state index contributed by atoms with van der Waals surface area (Å²) in [4.78, 5) is 33.7. The molecular formula is C30H34F3N5O3. The van der Waals surface area contributed by atoms with Crippen LogP contribution in [0.5, 0.6) is 0 Å². The molecule has 2 aromatic carbocycles. The Balaban J connectivity index is 1.54. The number of amides is 3. The average molecular weight is 570 g/mol. The van der Waals surface area contributed by atoms with E-state index >= 15 is 0 Å². The van der Waals surface area contributed by atoms with Gasteiger partial charge in [0.05, 0.1) is 16.9 Å². The highest BCUT2D eigenvalue weighted by Crippen LogP contribution is 2.36. The number of carbonyl (C=O) groups excluding carboxylic acids is 2. The highest BCUT2D eigenvalue weighted by Gasteiger charge is 2.31. The van der Waals surface area contributed by atoms with Crippen molar-refractivity contribution in [2.24, 2.45) is 0 Å². The highest BCUT2D eigenvalue weighted by atomic mass is 19.4. The Hall–Kier alpha value is -4.28. The summed E-state index contributed by atoms with van der Waals surface area (Å²) >= 11 is 0. The van der Waals surface area contributed by atoms with E-state index in [2.05, 4.69) is 15.5 Å². The molecule has 0 radical (unpaired) electrons. The first-order valence-corrected chi connectivity index (χ1v) is 13.4. The van der Waals surface area contributed by atoms with Gasteiger partial charge in [0.25, 0.3) is 0 Å². The van der Waals surface area contributed by atoms with E-state index in [1.54, 1.807) is 63.2 Å². The van der Waals surface area contributed by atoms with Gasteiger partial charge in [0.15, 0.2) is 5.82 Å². The number of benzene rings is 2. The molecule has 3 amide bonds. The topological polar surface area (TPSA) is 86.8 Å². The van der Waals surface area contributed by atoms with E-state index in [-0.39, 0.29) is 6.54 Å². The smallest absolute Gasteiger partial charge is 0.416 e. The third-order valence-corrected chi connectivity index (χ3v) is 6.41. The minimum atomic E-state index is -4.48. The Morgan fingerprint density at radius 2 is 1.73 bits per heavy atom. The molecule has 4 rings (SSSR count). The Labute approximate surface area is 237 Å². The van der Waals surface area contributed by atoms with Gasteiger partial charge in [-0.1, -0.05) is 24.3 Å². The van der Waals surface area contributed by atoms with Crippen LogP contribution in [0.3, 0.4) is 0 Å². The lowest BCUT2D eigenvalue weighted by Crippen LogP contribution is -2.36. The summed E-state index contributed by atoms with van der Waals surface area (Å²) in [6, 6.07) is 15.1. The van der Waals surface area contributed by atoms with Crippen molar-refractivity contribution < 1.29 is 27.5 Å². The number of rotatable bonds is 5. The first kappa shape index (κ1) is 29.7.